The molecule has 0 aliphatic carbocycles. The number of carbonyl (C=O) groups is 1. The van der Waals surface area contributed by atoms with Crippen LogP contribution in [0.25, 0.3) is 5.53 Å². The van der Waals surface area contributed by atoms with Gasteiger partial charge in [0.2, 0.25) is 0 Å². The van der Waals surface area contributed by atoms with E-state index in [4.69, 9.17) is 10.3 Å². The maximum absolute atomic E-state index is 12.0. The molecule has 1 unspecified atom stereocenters. The lowest BCUT2D eigenvalue weighted by Gasteiger charge is -2.28. The summed E-state index contributed by atoms with van der Waals surface area (Å²) in [5.74, 6) is -0.300. The van der Waals surface area contributed by atoms with Crippen LogP contribution in [0.4, 0.5) is 0 Å². The van der Waals surface area contributed by atoms with Gasteiger partial charge < -0.3 is 15.2 Å². The summed E-state index contributed by atoms with van der Waals surface area (Å²) in [4.78, 5) is 16.5. The van der Waals surface area contributed by atoms with Crippen LogP contribution in [0.3, 0.4) is 0 Å². The molecule has 5 nitrogen and oxygen atoms in total. The third kappa shape index (κ3) is 4.30. The Hall–Kier alpha value is -1.97. The first-order valence-corrected chi connectivity index (χ1v) is 6.91. The molecule has 0 saturated carbocycles. The Balaban J connectivity index is 2.03. The largest absolute Gasteiger partial charge is 0.376 e. The summed E-state index contributed by atoms with van der Waals surface area (Å²) < 4.78 is 5.67. The second kappa shape index (κ2) is 7.58. The van der Waals surface area contributed by atoms with Gasteiger partial charge in [0, 0.05) is 19.7 Å². The summed E-state index contributed by atoms with van der Waals surface area (Å²) in [6.07, 6.45) is 4.19. The van der Waals surface area contributed by atoms with Crippen molar-refractivity contribution < 1.29 is 14.3 Å². The normalized spacial score (nSPS) is 18.1. The van der Waals surface area contributed by atoms with Crippen LogP contribution in [0.5, 0.6) is 0 Å². The molecule has 0 radical (unpaired) electrons. The quantitative estimate of drug-likeness (QED) is 0.467. The highest BCUT2D eigenvalue weighted by molar-refractivity contribution is 6.23. The Morgan fingerprint density at radius 1 is 1.40 bits per heavy atom. The summed E-state index contributed by atoms with van der Waals surface area (Å²) in [7, 11) is 0. The Labute approximate surface area is 118 Å². The molecule has 1 fully saturated rings. The van der Waals surface area contributed by atoms with E-state index in [-0.39, 0.29) is 12.0 Å². The van der Waals surface area contributed by atoms with Gasteiger partial charge in [-0.15, -0.1) is 0 Å². The number of ether oxygens (including phenoxy) is 1. The topological polar surface area (TPSA) is 65.9 Å². The van der Waals surface area contributed by atoms with Crippen LogP contribution in [0.2, 0.25) is 0 Å². The third-order valence-corrected chi connectivity index (χ3v) is 3.39. The minimum Gasteiger partial charge on any atom is -0.376 e. The fraction of sp³-hybridized carbons (Fsp3) is 0.467. The van der Waals surface area contributed by atoms with Crippen LogP contribution in [-0.4, -0.2) is 41.1 Å². The molecule has 0 bridgehead atoms. The summed E-state index contributed by atoms with van der Waals surface area (Å²) in [5.41, 5.74) is 9.59. The summed E-state index contributed by atoms with van der Waals surface area (Å²) in [5, 5.41) is 0. The van der Waals surface area contributed by atoms with E-state index in [0.29, 0.717) is 13.1 Å². The smallest absolute Gasteiger partial charge is 0.344 e. The third-order valence-electron chi connectivity index (χ3n) is 3.39. The van der Waals surface area contributed by atoms with Crippen LogP contribution in [-0.2, 0) is 16.1 Å². The van der Waals surface area contributed by atoms with Crippen LogP contribution in [0.15, 0.2) is 30.3 Å². The van der Waals surface area contributed by atoms with Crippen molar-refractivity contribution in [3.8, 4) is 0 Å². The lowest BCUT2D eigenvalue weighted by Crippen LogP contribution is -2.40. The molecule has 1 amide bonds. The van der Waals surface area contributed by atoms with Crippen LogP contribution in [0.1, 0.15) is 24.8 Å². The summed E-state index contributed by atoms with van der Waals surface area (Å²) >= 11 is 0. The van der Waals surface area contributed by atoms with Gasteiger partial charge in [-0.25, -0.2) is 0 Å². The first-order chi connectivity index (χ1) is 9.79. The molecule has 106 valence electrons. The van der Waals surface area contributed by atoms with Gasteiger partial charge in [-0.05, 0) is 24.8 Å². The van der Waals surface area contributed by atoms with Crippen molar-refractivity contribution in [2.24, 2.45) is 0 Å². The maximum atomic E-state index is 12.0. The number of hydrogen-bond acceptors (Lipinski definition) is 2. The van der Waals surface area contributed by atoms with Gasteiger partial charge >= 0.3 is 12.1 Å². The minimum absolute atomic E-state index is 0.0727. The Bertz CT molecular complexity index is 477. The van der Waals surface area contributed by atoms with E-state index in [2.05, 4.69) is 4.79 Å². The number of carbonyl (C=O) groups excluding carboxylic acids is 1. The molecule has 1 saturated heterocycles. The molecular formula is C15H19N3O2. The van der Waals surface area contributed by atoms with E-state index >= 15 is 0 Å². The van der Waals surface area contributed by atoms with Crippen LogP contribution >= 0.6 is 0 Å². The van der Waals surface area contributed by atoms with Gasteiger partial charge in [-0.1, -0.05) is 30.3 Å². The lowest BCUT2D eigenvalue weighted by atomic mass is 10.1. The maximum Gasteiger partial charge on any atom is 0.344 e. The highest BCUT2D eigenvalue weighted by atomic mass is 16.5. The zero-order valence-corrected chi connectivity index (χ0v) is 11.4. The fourth-order valence-electron chi connectivity index (χ4n) is 2.36. The molecule has 2 rings (SSSR count). The molecule has 0 aromatic heterocycles. The average molecular weight is 273 g/mol. The predicted octanol–water partition coefficient (Wildman–Crippen LogP) is 1.88. The molecule has 1 heterocycles. The fourth-order valence-corrected chi connectivity index (χ4v) is 2.36. The Morgan fingerprint density at radius 3 is 2.85 bits per heavy atom. The number of amides is 1. The van der Waals surface area contributed by atoms with Gasteiger partial charge in [-0.2, -0.15) is 4.79 Å². The van der Waals surface area contributed by atoms with Crippen molar-refractivity contribution in [3.05, 3.63) is 41.4 Å². The SMILES string of the molecule is [N-]=[N+]=CC(=O)N(Cc1ccccc1)CC1CCCCO1. The van der Waals surface area contributed by atoms with E-state index in [9.17, 15) is 4.79 Å². The molecule has 1 aliphatic heterocycles. The Kier molecular flexibility index (Phi) is 5.47. The highest BCUT2D eigenvalue weighted by Crippen LogP contribution is 2.15. The van der Waals surface area contributed by atoms with Gasteiger partial charge in [0.05, 0.1) is 6.10 Å². The molecule has 0 spiro atoms. The molecule has 20 heavy (non-hydrogen) atoms. The van der Waals surface area contributed by atoms with Crippen molar-refractivity contribution in [3.63, 3.8) is 0 Å². The number of hydrogen-bond donors (Lipinski definition) is 0. The standard InChI is InChI=1S/C15H19N3O2/c16-17-10-15(19)18(11-13-6-2-1-3-7-13)12-14-8-4-5-9-20-14/h1-3,6-7,10,14H,4-5,8-9,11-12H2. The minimum atomic E-state index is -0.300. The molecule has 1 aliphatic rings. The Morgan fingerprint density at radius 2 is 2.20 bits per heavy atom. The van der Waals surface area contributed by atoms with Gasteiger partial charge in [-0.3, -0.25) is 4.79 Å². The van der Waals surface area contributed by atoms with Crippen molar-refractivity contribution in [1.82, 2.24) is 4.90 Å². The molecular weight excluding hydrogens is 254 g/mol. The molecule has 5 heteroatoms. The van der Waals surface area contributed by atoms with E-state index in [1.165, 1.54) is 0 Å². The van der Waals surface area contributed by atoms with Gasteiger partial charge in [0.15, 0.2) is 0 Å². The lowest BCUT2D eigenvalue weighted by molar-refractivity contribution is -0.130. The van der Waals surface area contributed by atoms with E-state index in [0.717, 1.165) is 37.6 Å². The van der Waals surface area contributed by atoms with Gasteiger partial charge in [0.25, 0.3) is 0 Å². The van der Waals surface area contributed by atoms with Crippen molar-refractivity contribution in [2.45, 2.75) is 31.9 Å². The molecule has 0 N–H and O–H groups in total. The predicted molar refractivity (Wildman–Crippen MR) is 75.1 cm³/mol. The molecule has 1 aromatic rings. The highest BCUT2D eigenvalue weighted by Gasteiger charge is 2.22. The van der Waals surface area contributed by atoms with Crippen molar-refractivity contribution in [2.75, 3.05) is 13.2 Å². The van der Waals surface area contributed by atoms with Crippen molar-refractivity contribution in [1.29, 1.82) is 0 Å². The monoisotopic (exact) mass is 273 g/mol. The molecule has 1 atom stereocenters. The average Bonchev–Trinajstić information content (AvgIpc) is 2.49. The van der Waals surface area contributed by atoms with Crippen LogP contribution < -0.4 is 0 Å². The summed E-state index contributed by atoms with van der Waals surface area (Å²) in [6, 6.07) is 9.76. The molecule has 1 aromatic carbocycles. The number of rotatable bonds is 5. The first kappa shape index (κ1) is 14.4. The second-order valence-electron chi connectivity index (χ2n) is 4.94. The number of benzene rings is 1. The van der Waals surface area contributed by atoms with Crippen LogP contribution in [0, 0.1) is 0 Å². The zero-order chi connectivity index (χ0) is 14.2. The van der Waals surface area contributed by atoms with E-state index in [1.54, 1.807) is 4.90 Å². The van der Waals surface area contributed by atoms with Gasteiger partial charge in [0.1, 0.15) is 0 Å². The first-order valence-electron chi connectivity index (χ1n) is 6.91. The van der Waals surface area contributed by atoms with E-state index < -0.39 is 0 Å². The second-order valence-corrected chi connectivity index (χ2v) is 4.94. The number of nitrogens with zero attached hydrogens (tertiary/aromatic N) is 3. The summed E-state index contributed by atoms with van der Waals surface area (Å²) in [6.45, 7) is 1.78. The van der Waals surface area contributed by atoms with Crippen molar-refractivity contribution >= 4 is 12.1 Å². The van der Waals surface area contributed by atoms with E-state index in [1.807, 2.05) is 30.3 Å². The zero-order valence-electron chi connectivity index (χ0n) is 11.4.